The topological polar surface area (TPSA) is 81.3 Å². The van der Waals surface area contributed by atoms with Gasteiger partial charge in [-0.3, -0.25) is 0 Å². The summed E-state index contributed by atoms with van der Waals surface area (Å²) in [6.45, 7) is 1.90. The van der Waals surface area contributed by atoms with Gasteiger partial charge in [0.25, 0.3) is 5.72 Å². The minimum atomic E-state index is -1.55. The van der Waals surface area contributed by atoms with Crippen LogP contribution < -0.4 is 4.74 Å². The molecule has 3 heterocycles. The molecule has 3 aromatic rings. The van der Waals surface area contributed by atoms with Crippen LogP contribution in [0.15, 0.2) is 59.8 Å². The molecule has 0 amide bonds. The summed E-state index contributed by atoms with van der Waals surface area (Å²) in [4.78, 5) is 11.5. The highest BCUT2D eigenvalue weighted by molar-refractivity contribution is 6.01. The van der Waals surface area contributed by atoms with E-state index in [1.807, 2.05) is 35.9 Å². The van der Waals surface area contributed by atoms with Crippen molar-refractivity contribution in [3.05, 3.63) is 83.1 Å². The smallest absolute Gasteiger partial charge is 0.260 e. The molecule has 5 rings (SSSR count). The van der Waals surface area contributed by atoms with Crippen LogP contribution in [0.4, 0.5) is 8.78 Å². The van der Waals surface area contributed by atoms with Crippen molar-refractivity contribution in [2.75, 3.05) is 26.9 Å². The number of nitrogens with zero attached hydrogens (tertiary/aromatic N) is 4. The number of benzene rings is 2. The quantitative estimate of drug-likeness (QED) is 0.619. The van der Waals surface area contributed by atoms with E-state index in [2.05, 4.69) is 10.1 Å². The minimum absolute atomic E-state index is 0.120. The summed E-state index contributed by atoms with van der Waals surface area (Å²) < 4.78 is 41.1. The molecule has 8 nitrogen and oxygen atoms in total. The Balaban J connectivity index is 1.49. The molecule has 1 unspecified atom stereocenters. The second-order valence-corrected chi connectivity index (χ2v) is 7.97. The van der Waals surface area contributed by atoms with Gasteiger partial charge in [-0.15, -0.1) is 0 Å². The number of hydrogen-bond acceptors (Lipinski definition) is 7. The van der Waals surface area contributed by atoms with E-state index in [-0.39, 0.29) is 12.2 Å². The van der Waals surface area contributed by atoms with Crippen LogP contribution in [0.1, 0.15) is 16.8 Å². The Kier molecular flexibility index (Phi) is 5.45. The highest BCUT2D eigenvalue weighted by Gasteiger charge is 2.50. The first-order chi connectivity index (χ1) is 16.4. The number of ether oxygens (including phenoxy) is 2. The lowest BCUT2D eigenvalue weighted by Crippen LogP contribution is -2.52. The lowest BCUT2D eigenvalue weighted by Gasteiger charge is -2.38. The van der Waals surface area contributed by atoms with Crippen LogP contribution >= 0.6 is 0 Å². The largest absolute Gasteiger partial charge is 0.495 e. The van der Waals surface area contributed by atoms with Crippen molar-refractivity contribution < 1.29 is 28.2 Å². The molecule has 1 N–H and O–H groups in total. The molecular formula is C24H22F2N4O4. The van der Waals surface area contributed by atoms with E-state index in [0.29, 0.717) is 23.9 Å². The SMILES string of the molecule is COc1cc(C=C2OCCN3C2=NOC3(CO)c2cc(F)cc(F)c2)ccc1-n1cnc(C)c1. The highest BCUT2D eigenvalue weighted by Crippen LogP contribution is 2.39. The molecule has 10 heteroatoms. The molecule has 1 saturated heterocycles. The van der Waals surface area contributed by atoms with Crippen molar-refractivity contribution in [1.29, 1.82) is 0 Å². The average molecular weight is 468 g/mol. The molecular weight excluding hydrogens is 446 g/mol. The van der Waals surface area contributed by atoms with Gasteiger partial charge in [-0.2, -0.15) is 0 Å². The lowest BCUT2D eigenvalue weighted by molar-refractivity contribution is -0.141. The van der Waals surface area contributed by atoms with Crippen molar-refractivity contribution in [2.45, 2.75) is 12.6 Å². The van der Waals surface area contributed by atoms with Gasteiger partial charge in [-0.05, 0) is 42.8 Å². The van der Waals surface area contributed by atoms with Crippen LogP contribution in [0.25, 0.3) is 11.8 Å². The maximum absolute atomic E-state index is 13.9. The van der Waals surface area contributed by atoms with Crippen molar-refractivity contribution in [2.24, 2.45) is 5.16 Å². The number of aliphatic hydroxyl groups is 1. The summed E-state index contributed by atoms with van der Waals surface area (Å²) in [5.74, 6) is -0.206. The second kappa shape index (κ2) is 8.45. The summed E-state index contributed by atoms with van der Waals surface area (Å²) in [5, 5.41) is 14.3. The van der Waals surface area contributed by atoms with Gasteiger partial charge in [-0.25, -0.2) is 13.8 Å². The number of aliphatic hydroxyl groups excluding tert-OH is 1. The van der Waals surface area contributed by atoms with E-state index in [0.717, 1.165) is 35.1 Å². The fourth-order valence-electron chi connectivity index (χ4n) is 4.17. The normalized spacial score (nSPS) is 20.6. The first kappa shape index (κ1) is 21.9. The van der Waals surface area contributed by atoms with Gasteiger partial charge in [-0.1, -0.05) is 11.2 Å². The van der Waals surface area contributed by atoms with Crippen molar-refractivity contribution in [3.8, 4) is 11.4 Å². The average Bonchev–Trinajstić information content (AvgIpc) is 3.43. The summed E-state index contributed by atoms with van der Waals surface area (Å²) in [6, 6.07) is 8.64. The molecule has 1 atom stereocenters. The summed E-state index contributed by atoms with van der Waals surface area (Å²) in [5.41, 5.74) is 1.05. The molecule has 0 bridgehead atoms. The van der Waals surface area contributed by atoms with E-state index in [9.17, 15) is 13.9 Å². The number of halogens is 2. The maximum Gasteiger partial charge on any atom is 0.260 e. The number of rotatable bonds is 5. The van der Waals surface area contributed by atoms with E-state index in [1.54, 1.807) is 24.4 Å². The Bertz CT molecular complexity index is 1290. The molecule has 2 aromatic carbocycles. The standard InChI is InChI=1S/C24H22F2N4O4/c1-15-12-29(14-27-15)20-4-3-16(7-21(20)32-2)8-22-23-28-34-24(13-31,30(23)5-6-33-22)17-9-18(25)11-19(26)10-17/h3-4,7-12,14,31H,5-6,13H2,1-2H3. The Morgan fingerprint density at radius 3 is 2.68 bits per heavy atom. The number of aryl methyl sites for hydroxylation is 1. The van der Waals surface area contributed by atoms with Gasteiger partial charge in [0.15, 0.2) is 5.76 Å². The third-order valence-corrected chi connectivity index (χ3v) is 5.79. The highest BCUT2D eigenvalue weighted by atomic mass is 19.1. The zero-order valence-electron chi connectivity index (χ0n) is 18.5. The van der Waals surface area contributed by atoms with Gasteiger partial charge >= 0.3 is 0 Å². The number of oxime groups is 1. The van der Waals surface area contributed by atoms with Crippen LogP contribution in [0, 0.1) is 18.6 Å². The molecule has 0 spiro atoms. The summed E-state index contributed by atoms with van der Waals surface area (Å²) in [6.07, 6.45) is 5.37. The first-order valence-corrected chi connectivity index (χ1v) is 10.6. The molecule has 176 valence electrons. The van der Waals surface area contributed by atoms with Gasteiger partial charge < -0.3 is 28.9 Å². The molecule has 0 aliphatic carbocycles. The lowest BCUT2D eigenvalue weighted by atomic mass is 10.00. The monoisotopic (exact) mass is 468 g/mol. The predicted octanol–water partition coefficient (Wildman–Crippen LogP) is 3.33. The van der Waals surface area contributed by atoms with E-state index < -0.39 is 24.0 Å². The first-order valence-electron chi connectivity index (χ1n) is 10.6. The number of imidazole rings is 1. The Morgan fingerprint density at radius 1 is 1.21 bits per heavy atom. The summed E-state index contributed by atoms with van der Waals surface area (Å²) >= 11 is 0. The van der Waals surface area contributed by atoms with Gasteiger partial charge in [0.1, 0.15) is 30.6 Å². The van der Waals surface area contributed by atoms with Gasteiger partial charge in [0, 0.05) is 17.8 Å². The number of methoxy groups -OCH3 is 1. The van der Waals surface area contributed by atoms with Crippen molar-refractivity contribution >= 4 is 11.9 Å². The number of fused-ring (bicyclic) bond motifs is 1. The number of aromatic nitrogens is 2. The Morgan fingerprint density at radius 2 is 2.00 bits per heavy atom. The van der Waals surface area contributed by atoms with Crippen LogP contribution in [0.2, 0.25) is 0 Å². The van der Waals surface area contributed by atoms with Crippen molar-refractivity contribution in [1.82, 2.24) is 14.5 Å². The fourth-order valence-corrected chi connectivity index (χ4v) is 4.17. The van der Waals surface area contributed by atoms with Crippen LogP contribution in [0.5, 0.6) is 5.75 Å². The molecule has 2 aliphatic rings. The van der Waals surface area contributed by atoms with Crippen LogP contribution in [-0.4, -0.2) is 52.3 Å². The molecule has 1 fully saturated rings. The fraction of sp³-hybridized carbons (Fsp3) is 0.250. The Hall–Kier alpha value is -3.92. The molecule has 2 aliphatic heterocycles. The summed E-state index contributed by atoms with van der Waals surface area (Å²) in [7, 11) is 1.58. The third kappa shape index (κ3) is 3.65. The van der Waals surface area contributed by atoms with Gasteiger partial charge in [0.2, 0.25) is 5.84 Å². The Labute approximate surface area is 194 Å². The number of morpholine rings is 1. The minimum Gasteiger partial charge on any atom is -0.495 e. The second-order valence-electron chi connectivity index (χ2n) is 7.97. The number of hydrogen-bond donors (Lipinski definition) is 1. The van der Waals surface area contributed by atoms with Crippen LogP contribution in [0.3, 0.4) is 0 Å². The van der Waals surface area contributed by atoms with Crippen molar-refractivity contribution in [3.63, 3.8) is 0 Å². The van der Waals surface area contributed by atoms with E-state index in [1.165, 1.54) is 0 Å². The molecule has 1 aromatic heterocycles. The molecule has 0 saturated carbocycles. The molecule has 34 heavy (non-hydrogen) atoms. The molecule has 0 radical (unpaired) electrons. The van der Waals surface area contributed by atoms with Crippen LogP contribution in [-0.2, 0) is 15.3 Å². The van der Waals surface area contributed by atoms with E-state index >= 15 is 0 Å². The predicted molar refractivity (Wildman–Crippen MR) is 119 cm³/mol. The van der Waals surface area contributed by atoms with Gasteiger partial charge in [0.05, 0.1) is 31.4 Å². The zero-order chi connectivity index (χ0) is 23.9. The maximum atomic E-state index is 13.9. The zero-order valence-corrected chi connectivity index (χ0v) is 18.5. The van der Waals surface area contributed by atoms with E-state index in [4.69, 9.17) is 14.3 Å². The third-order valence-electron chi connectivity index (χ3n) is 5.79. The number of amidine groups is 1.